The summed E-state index contributed by atoms with van der Waals surface area (Å²) in [5, 5.41) is 6.19. The zero-order chi connectivity index (χ0) is 13.3. The molecule has 0 aromatic heterocycles. The monoisotopic (exact) mass is 283 g/mol. The molecule has 1 rings (SSSR count). The van der Waals surface area contributed by atoms with Crippen molar-refractivity contribution in [2.75, 3.05) is 17.9 Å². The first-order chi connectivity index (χ1) is 7.62. The van der Waals surface area contributed by atoms with Gasteiger partial charge >= 0.3 is 0 Å². The van der Waals surface area contributed by atoms with Gasteiger partial charge in [-0.05, 0) is 12.8 Å². The molecule has 3 N–H and O–H groups in total. The van der Waals surface area contributed by atoms with Gasteiger partial charge in [0, 0.05) is 25.3 Å². The third-order valence-corrected chi connectivity index (χ3v) is 6.38. The topological polar surface area (TPSA) is 121 Å². The smallest absolute Gasteiger partial charge is 0.228 e. The summed E-state index contributed by atoms with van der Waals surface area (Å²) in [6.07, 6.45) is 2.49. The standard InChI is InChI=1S/C8H17N3O4S2/c1-16(12,13)6-17(14,15)11(7-2-3-7)5-4-8(9)10/h7H,2-6H2,1H3,(H3,9,10). The first kappa shape index (κ1) is 14.4. The van der Waals surface area contributed by atoms with Crippen LogP contribution in [0, 0.1) is 5.41 Å². The molecule has 0 amide bonds. The van der Waals surface area contributed by atoms with Crippen molar-refractivity contribution in [1.29, 1.82) is 5.41 Å². The Balaban J connectivity index is 2.79. The van der Waals surface area contributed by atoms with Crippen molar-refractivity contribution in [2.45, 2.75) is 25.3 Å². The molecule has 7 nitrogen and oxygen atoms in total. The first-order valence-corrected chi connectivity index (χ1v) is 8.79. The minimum Gasteiger partial charge on any atom is -0.388 e. The van der Waals surface area contributed by atoms with Gasteiger partial charge in [0.2, 0.25) is 10.0 Å². The summed E-state index contributed by atoms with van der Waals surface area (Å²) in [5.74, 6) is -0.106. The Bertz CT molecular complexity index is 493. The van der Waals surface area contributed by atoms with Crippen LogP contribution in [0.4, 0.5) is 0 Å². The summed E-state index contributed by atoms with van der Waals surface area (Å²) in [6.45, 7) is 0.0812. The molecule has 0 bridgehead atoms. The molecule has 9 heteroatoms. The second-order valence-electron chi connectivity index (χ2n) is 4.27. The largest absolute Gasteiger partial charge is 0.388 e. The normalized spacial score (nSPS) is 17.3. The van der Waals surface area contributed by atoms with Gasteiger partial charge in [0.05, 0.1) is 5.84 Å². The maximum Gasteiger partial charge on any atom is 0.228 e. The van der Waals surface area contributed by atoms with Crippen LogP contribution in [0.25, 0.3) is 0 Å². The number of hydrogen-bond acceptors (Lipinski definition) is 5. The number of nitrogens with one attached hydrogen (secondary N) is 1. The molecule has 100 valence electrons. The fraction of sp³-hybridized carbons (Fsp3) is 0.875. The Hall–Kier alpha value is -0.670. The number of nitrogens with zero attached hydrogens (tertiary/aromatic N) is 1. The lowest BCUT2D eigenvalue weighted by Crippen LogP contribution is -2.38. The maximum atomic E-state index is 11.9. The van der Waals surface area contributed by atoms with Gasteiger partial charge < -0.3 is 5.73 Å². The molecule has 0 aliphatic heterocycles. The molecular formula is C8H17N3O4S2. The Morgan fingerprint density at radius 3 is 2.24 bits per heavy atom. The average Bonchev–Trinajstić information content (AvgIpc) is 2.81. The summed E-state index contributed by atoms with van der Waals surface area (Å²) in [4.78, 5) is 0. The van der Waals surface area contributed by atoms with Crippen LogP contribution < -0.4 is 5.73 Å². The molecule has 1 fully saturated rings. The number of hydrogen-bond donors (Lipinski definition) is 2. The number of rotatable bonds is 7. The molecule has 1 aliphatic carbocycles. The third-order valence-electron chi connectivity index (χ3n) is 2.28. The van der Waals surface area contributed by atoms with E-state index in [2.05, 4.69) is 0 Å². The molecule has 17 heavy (non-hydrogen) atoms. The van der Waals surface area contributed by atoms with Crippen molar-refractivity contribution < 1.29 is 16.8 Å². The zero-order valence-corrected chi connectivity index (χ0v) is 11.2. The van der Waals surface area contributed by atoms with Gasteiger partial charge in [-0.25, -0.2) is 16.8 Å². The molecule has 0 radical (unpaired) electrons. The number of sulfone groups is 1. The Kier molecular flexibility index (Phi) is 4.15. The van der Waals surface area contributed by atoms with Gasteiger partial charge in [-0.2, -0.15) is 4.31 Å². The van der Waals surface area contributed by atoms with Gasteiger partial charge in [0.15, 0.2) is 14.9 Å². The van der Waals surface area contributed by atoms with E-state index in [1.807, 2.05) is 0 Å². The quantitative estimate of drug-likeness (QED) is 0.463. The highest BCUT2D eigenvalue weighted by molar-refractivity contribution is 8.06. The van der Waals surface area contributed by atoms with E-state index < -0.39 is 24.9 Å². The van der Waals surface area contributed by atoms with E-state index >= 15 is 0 Å². The second-order valence-corrected chi connectivity index (χ2v) is 8.70. The van der Waals surface area contributed by atoms with Crippen LogP contribution in [-0.2, 0) is 19.9 Å². The predicted molar refractivity (Wildman–Crippen MR) is 64.9 cm³/mol. The van der Waals surface area contributed by atoms with Gasteiger partial charge in [0.25, 0.3) is 0 Å². The van der Waals surface area contributed by atoms with Crippen molar-refractivity contribution in [3.05, 3.63) is 0 Å². The van der Waals surface area contributed by atoms with Crippen LogP contribution in [0.15, 0.2) is 0 Å². The molecule has 0 saturated heterocycles. The van der Waals surface area contributed by atoms with Crippen molar-refractivity contribution in [2.24, 2.45) is 5.73 Å². The highest BCUT2D eigenvalue weighted by Crippen LogP contribution is 2.29. The minimum absolute atomic E-state index is 0.0812. The highest BCUT2D eigenvalue weighted by Gasteiger charge is 2.38. The molecule has 0 heterocycles. The minimum atomic E-state index is -3.82. The van der Waals surface area contributed by atoms with E-state index in [0.717, 1.165) is 23.4 Å². The molecule has 0 atom stereocenters. The van der Waals surface area contributed by atoms with Gasteiger partial charge in [-0.3, -0.25) is 5.41 Å². The predicted octanol–water partition coefficient (Wildman–Crippen LogP) is -0.891. The van der Waals surface area contributed by atoms with E-state index in [1.165, 1.54) is 0 Å². The number of amidine groups is 1. The number of nitrogens with two attached hydrogens (primary N) is 1. The van der Waals surface area contributed by atoms with Gasteiger partial charge in [-0.1, -0.05) is 0 Å². The summed E-state index contributed by atoms with van der Waals surface area (Å²) < 4.78 is 47.0. The lowest BCUT2D eigenvalue weighted by Gasteiger charge is -2.20. The molecule has 0 unspecified atom stereocenters. The summed E-state index contributed by atoms with van der Waals surface area (Å²) >= 11 is 0. The lowest BCUT2D eigenvalue weighted by molar-refractivity contribution is 0.415. The maximum absolute atomic E-state index is 11.9. The molecule has 0 spiro atoms. The van der Waals surface area contributed by atoms with Gasteiger partial charge in [-0.15, -0.1) is 0 Å². The van der Waals surface area contributed by atoms with Crippen molar-refractivity contribution in [3.63, 3.8) is 0 Å². The lowest BCUT2D eigenvalue weighted by atomic mass is 10.4. The fourth-order valence-corrected chi connectivity index (χ4v) is 5.22. The highest BCUT2D eigenvalue weighted by atomic mass is 32.3. The van der Waals surface area contributed by atoms with Crippen molar-refractivity contribution in [3.8, 4) is 0 Å². The van der Waals surface area contributed by atoms with E-state index in [-0.39, 0.29) is 24.8 Å². The summed E-state index contributed by atoms with van der Waals surface area (Å²) in [5.41, 5.74) is 5.18. The number of sulfonamides is 1. The third kappa shape index (κ3) is 5.00. The zero-order valence-electron chi connectivity index (χ0n) is 9.59. The molecule has 1 saturated carbocycles. The van der Waals surface area contributed by atoms with Crippen LogP contribution in [0.1, 0.15) is 19.3 Å². The Morgan fingerprint density at radius 1 is 1.35 bits per heavy atom. The van der Waals surface area contributed by atoms with Crippen molar-refractivity contribution in [1.82, 2.24) is 4.31 Å². The van der Waals surface area contributed by atoms with Gasteiger partial charge in [0.1, 0.15) is 0 Å². The van der Waals surface area contributed by atoms with E-state index in [1.54, 1.807) is 0 Å². The Morgan fingerprint density at radius 2 is 1.88 bits per heavy atom. The van der Waals surface area contributed by atoms with Crippen molar-refractivity contribution >= 4 is 25.7 Å². The van der Waals surface area contributed by atoms with Crippen LogP contribution >= 0.6 is 0 Å². The van der Waals surface area contributed by atoms with Crippen LogP contribution in [0.2, 0.25) is 0 Å². The van der Waals surface area contributed by atoms with E-state index in [9.17, 15) is 16.8 Å². The molecular weight excluding hydrogens is 266 g/mol. The van der Waals surface area contributed by atoms with Crippen LogP contribution in [0.3, 0.4) is 0 Å². The van der Waals surface area contributed by atoms with Crippen LogP contribution in [0.5, 0.6) is 0 Å². The van der Waals surface area contributed by atoms with E-state index in [0.29, 0.717) is 0 Å². The molecule has 0 aromatic carbocycles. The van der Waals surface area contributed by atoms with E-state index in [4.69, 9.17) is 11.1 Å². The fourth-order valence-electron chi connectivity index (χ4n) is 1.48. The first-order valence-electron chi connectivity index (χ1n) is 5.12. The SMILES string of the molecule is CS(=O)(=O)CS(=O)(=O)N(CCC(=N)N)C1CC1. The summed E-state index contributed by atoms with van der Waals surface area (Å²) in [7, 11) is -7.41. The summed E-state index contributed by atoms with van der Waals surface area (Å²) in [6, 6.07) is -0.124. The second kappa shape index (κ2) is 4.91. The average molecular weight is 283 g/mol. The van der Waals surface area contributed by atoms with Crippen LogP contribution in [-0.4, -0.2) is 50.9 Å². The Labute approximate surface area is 101 Å². The molecule has 0 aromatic rings. The molecule has 1 aliphatic rings.